The van der Waals surface area contributed by atoms with Crippen LogP contribution in [0.2, 0.25) is 0 Å². The number of rotatable bonds is 5. The number of ether oxygens (including phenoxy) is 2. The van der Waals surface area contributed by atoms with Gasteiger partial charge in [0.1, 0.15) is 24.4 Å². The molecular weight excluding hydrogens is 592 g/mol. The van der Waals surface area contributed by atoms with Gasteiger partial charge in [-0.2, -0.15) is 0 Å². The van der Waals surface area contributed by atoms with Gasteiger partial charge in [0, 0.05) is 5.41 Å². The standard InChI is InChI=1S/C36H58O10/c1-31(2)11-13-36(30(43)44)14-12-34(5)19(20(36)15-31)7-8-24-32(3)16-21(39)28(33(4,18-38)23(32)9-10-35(24,34)6)46-29-27(42)26(41)25(40)22(17-37)45-29/h7,20-29,37-42H,8-18H2,1-6H3,(H,43,44)/t20-,21-,22-,23?,24-,25-,26+,27-,28+,29+,32+,33?,34-,35-,36+/m1/s1. The molecule has 10 nitrogen and oxygen atoms in total. The average Bonchev–Trinajstić information content (AvgIpc) is 2.98. The van der Waals surface area contributed by atoms with Crippen LogP contribution in [0, 0.1) is 50.2 Å². The van der Waals surface area contributed by atoms with E-state index in [2.05, 4.69) is 40.7 Å². The van der Waals surface area contributed by atoms with E-state index in [-0.39, 0.29) is 46.0 Å². The fraction of sp³-hybridized carbons (Fsp3) is 0.917. The number of aliphatic carboxylic acids is 1. The second kappa shape index (κ2) is 11.2. The van der Waals surface area contributed by atoms with Crippen LogP contribution >= 0.6 is 0 Å². The molecule has 4 saturated carbocycles. The summed E-state index contributed by atoms with van der Waals surface area (Å²) in [6.07, 6.45) is 0.0131. The molecule has 0 spiro atoms. The summed E-state index contributed by atoms with van der Waals surface area (Å²) in [6, 6.07) is 0. The molecule has 6 aliphatic rings. The maximum absolute atomic E-state index is 13.0. The van der Waals surface area contributed by atoms with Crippen LogP contribution in [-0.2, 0) is 14.3 Å². The molecule has 1 saturated heterocycles. The van der Waals surface area contributed by atoms with Gasteiger partial charge in [-0.1, -0.05) is 53.2 Å². The zero-order valence-corrected chi connectivity index (χ0v) is 28.5. The molecule has 15 atom stereocenters. The van der Waals surface area contributed by atoms with E-state index in [0.717, 1.165) is 38.5 Å². The van der Waals surface area contributed by atoms with E-state index < -0.39 is 66.3 Å². The molecule has 0 bridgehead atoms. The first-order chi connectivity index (χ1) is 21.3. The van der Waals surface area contributed by atoms with Crippen molar-refractivity contribution in [2.45, 2.75) is 142 Å². The fourth-order valence-electron chi connectivity index (χ4n) is 12.3. The molecule has 0 radical (unpaired) electrons. The van der Waals surface area contributed by atoms with Crippen molar-refractivity contribution in [1.29, 1.82) is 0 Å². The number of hydrogen-bond acceptors (Lipinski definition) is 9. The van der Waals surface area contributed by atoms with Gasteiger partial charge in [0.2, 0.25) is 0 Å². The molecule has 5 fully saturated rings. The average molecular weight is 651 g/mol. The van der Waals surface area contributed by atoms with Crippen LogP contribution in [0.15, 0.2) is 11.6 Å². The van der Waals surface area contributed by atoms with Gasteiger partial charge in [-0.05, 0) is 97.2 Å². The molecule has 1 heterocycles. The van der Waals surface area contributed by atoms with Crippen LogP contribution in [0.25, 0.3) is 0 Å². The van der Waals surface area contributed by atoms with Gasteiger partial charge in [-0.3, -0.25) is 4.79 Å². The quantitative estimate of drug-likeness (QED) is 0.173. The molecule has 0 aromatic rings. The molecule has 6 rings (SSSR count). The number of carbonyl (C=O) groups is 1. The van der Waals surface area contributed by atoms with E-state index >= 15 is 0 Å². The summed E-state index contributed by atoms with van der Waals surface area (Å²) < 4.78 is 11.9. The molecule has 1 aliphatic heterocycles. The van der Waals surface area contributed by atoms with E-state index in [4.69, 9.17) is 9.47 Å². The highest BCUT2D eigenvalue weighted by Gasteiger charge is 2.71. The van der Waals surface area contributed by atoms with Gasteiger partial charge in [-0.25, -0.2) is 0 Å². The predicted molar refractivity (Wildman–Crippen MR) is 168 cm³/mol. The Labute approximate surface area is 273 Å². The van der Waals surface area contributed by atoms with Gasteiger partial charge in [0.05, 0.1) is 30.8 Å². The number of aliphatic hydroxyl groups excluding tert-OH is 6. The number of aliphatic hydroxyl groups is 6. The summed E-state index contributed by atoms with van der Waals surface area (Å²) in [4.78, 5) is 13.0. The Morgan fingerprint density at radius 1 is 0.891 bits per heavy atom. The Kier molecular flexibility index (Phi) is 8.46. The van der Waals surface area contributed by atoms with Crippen molar-refractivity contribution in [3.05, 3.63) is 11.6 Å². The lowest BCUT2D eigenvalue weighted by molar-refractivity contribution is -0.345. The summed E-state index contributed by atoms with van der Waals surface area (Å²) >= 11 is 0. The van der Waals surface area contributed by atoms with Gasteiger partial charge < -0.3 is 45.2 Å². The van der Waals surface area contributed by atoms with Crippen molar-refractivity contribution in [2.24, 2.45) is 50.2 Å². The number of carboxylic acid groups (broad SMARTS) is 1. The third kappa shape index (κ3) is 4.60. The first kappa shape index (κ1) is 34.7. The molecule has 0 aromatic heterocycles. The Bertz CT molecular complexity index is 1240. The lowest BCUT2D eigenvalue weighted by atomic mass is 9.33. The van der Waals surface area contributed by atoms with Crippen molar-refractivity contribution in [1.82, 2.24) is 0 Å². The highest BCUT2D eigenvalue weighted by atomic mass is 16.7. The second-order valence-corrected chi connectivity index (χ2v) is 17.9. The summed E-state index contributed by atoms with van der Waals surface area (Å²) in [5.41, 5.74) is -0.930. The van der Waals surface area contributed by atoms with Crippen LogP contribution in [-0.4, -0.2) is 97.8 Å². The van der Waals surface area contributed by atoms with Crippen LogP contribution in [0.5, 0.6) is 0 Å². The number of allylic oxidation sites excluding steroid dienone is 2. The minimum absolute atomic E-state index is 0.00627. The highest BCUT2D eigenvalue weighted by Crippen LogP contribution is 2.76. The van der Waals surface area contributed by atoms with Gasteiger partial charge in [-0.15, -0.1) is 0 Å². The topological polar surface area (TPSA) is 177 Å². The monoisotopic (exact) mass is 650 g/mol. The minimum Gasteiger partial charge on any atom is -0.481 e. The molecular formula is C36H58O10. The van der Waals surface area contributed by atoms with Crippen molar-refractivity contribution >= 4 is 5.97 Å². The number of hydrogen-bond donors (Lipinski definition) is 7. The molecule has 2 unspecified atom stereocenters. The van der Waals surface area contributed by atoms with Crippen molar-refractivity contribution < 1.29 is 50.0 Å². The number of fused-ring (bicyclic) bond motifs is 7. The molecule has 262 valence electrons. The Balaban J connectivity index is 1.34. The van der Waals surface area contributed by atoms with Gasteiger partial charge >= 0.3 is 5.97 Å². The van der Waals surface area contributed by atoms with Crippen molar-refractivity contribution in [3.8, 4) is 0 Å². The van der Waals surface area contributed by atoms with E-state index in [1.165, 1.54) is 5.57 Å². The first-order valence-electron chi connectivity index (χ1n) is 17.5. The summed E-state index contributed by atoms with van der Waals surface area (Å²) in [6.45, 7) is 12.6. The molecule has 0 aromatic carbocycles. The van der Waals surface area contributed by atoms with Crippen LogP contribution < -0.4 is 0 Å². The summed E-state index contributed by atoms with van der Waals surface area (Å²) in [7, 11) is 0. The molecule has 46 heavy (non-hydrogen) atoms. The fourth-order valence-corrected chi connectivity index (χ4v) is 12.3. The molecule has 5 aliphatic carbocycles. The SMILES string of the molecule is CC1(C)CC[C@]2(C(=O)O)CC[C@]3(C)C(=CC[C@@H]4[C@@]5(C)C[C@@H](O)[C@H](O[C@@H]6O[C@H](CO)[C@@H](O)[C@H](O)[C@H]6O)C(C)(CO)C5CC[C@]43C)[C@H]2C1. The van der Waals surface area contributed by atoms with E-state index in [1.54, 1.807) is 0 Å². The van der Waals surface area contributed by atoms with E-state index in [0.29, 0.717) is 19.3 Å². The minimum atomic E-state index is -1.60. The predicted octanol–water partition coefficient (Wildman–Crippen LogP) is 3.00. The maximum Gasteiger partial charge on any atom is 0.310 e. The molecule has 10 heteroatoms. The Morgan fingerprint density at radius 2 is 1.57 bits per heavy atom. The zero-order valence-electron chi connectivity index (χ0n) is 28.5. The van der Waals surface area contributed by atoms with Crippen LogP contribution in [0.1, 0.15) is 99.3 Å². The Hall–Kier alpha value is -1.11. The first-order valence-corrected chi connectivity index (χ1v) is 17.5. The summed E-state index contributed by atoms with van der Waals surface area (Å²) in [5.74, 6) is -0.518. The lowest BCUT2D eigenvalue weighted by Crippen LogP contribution is -2.69. The highest BCUT2D eigenvalue weighted by molar-refractivity contribution is 5.76. The largest absolute Gasteiger partial charge is 0.481 e. The maximum atomic E-state index is 13.0. The summed E-state index contributed by atoms with van der Waals surface area (Å²) in [5, 5.41) is 74.6. The van der Waals surface area contributed by atoms with Crippen molar-refractivity contribution in [2.75, 3.05) is 13.2 Å². The van der Waals surface area contributed by atoms with Crippen LogP contribution in [0.4, 0.5) is 0 Å². The molecule has 7 N–H and O–H groups in total. The van der Waals surface area contributed by atoms with E-state index in [9.17, 15) is 40.5 Å². The van der Waals surface area contributed by atoms with E-state index in [1.807, 2.05) is 6.92 Å². The second-order valence-electron chi connectivity index (χ2n) is 17.9. The lowest BCUT2D eigenvalue weighted by Gasteiger charge is -2.71. The normalized spacial score (nSPS) is 54.8. The van der Waals surface area contributed by atoms with Crippen LogP contribution in [0.3, 0.4) is 0 Å². The third-order valence-corrected chi connectivity index (χ3v) is 15.2. The smallest absolute Gasteiger partial charge is 0.310 e. The zero-order chi connectivity index (χ0) is 33.8. The van der Waals surface area contributed by atoms with Crippen molar-refractivity contribution in [3.63, 3.8) is 0 Å². The number of carboxylic acids is 1. The van der Waals surface area contributed by atoms with Gasteiger partial charge in [0.25, 0.3) is 0 Å². The van der Waals surface area contributed by atoms with Gasteiger partial charge in [0.15, 0.2) is 6.29 Å². The third-order valence-electron chi connectivity index (χ3n) is 15.2. The molecule has 0 amide bonds. The Morgan fingerprint density at radius 3 is 2.20 bits per heavy atom.